The standard InChI is InChI=1S/C9H9F3INO3S/c10-9(11,12)6-3-7(13)5-8(4-6)18(16,17)14-1-2-15/h3-5,14-15H,1-2H2. The molecule has 0 radical (unpaired) electrons. The Bertz CT molecular complexity index is 530. The first-order valence-electron chi connectivity index (χ1n) is 4.65. The number of hydrogen-bond donors (Lipinski definition) is 2. The van der Waals surface area contributed by atoms with Gasteiger partial charge in [-0.15, -0.1) is 0 Å². The van der Waals surface area contributed by atoms with E-state index in [1.165, 1.54) is 0 Å². The number of aliphatic hydroxyl groups is 1. The molecule has 0 aliphatic heterocycles. The number of sulfonamides is 1. The van der Waals surface area contributed by atoms with Crippen LogP contribution in [0, 0.1) is 3.57 Å². The molecule has 0 bridgehead atoms. The van der Waals surface area contributed by atoms with Crippen molar-refractivity contribution in [3.05, 3.63) is 27.3 Å². The molecule has 0 aliphatic carbocycles. The van der Waals surface area contributed by atoms with Crippen LogP contribution in [-0.2, 0) is 16.2 Å². The van der Waals surface area contributed by atoms with E-state index in [9.17, 15) is 21.6 Å². The Labute approximate surface area is 115 Å². The fraction of sp³-hybridized carbons (Fsp3) is 0.333. The van der Waals surface area contributed by atoms with E-state index in [0.717, 1.165) is 12.1 Å². The molecule has 9 heteroatoms. The van der Waals surface area contributed by atoms with Crippen LogP contribution in [0.3, 0.4) is 0 Å². The molecule has 0 heterocycles. The predicted octanol–water partition coefficient (Wildman–Crippen LogP) is 1.58. The second kappa shape index (κ2) is 5.72. The van der Waals surface area contributed by atoms with Crippen molar-refractivity contribution in [3.63, 3.8) is 0 Å². The van der Waals surface area contributed by atoms with Gasteiger partial charge in [0.25, 0.3) is 0 Å². The smallest absolute Gasteiger partial charge is 0.395 e. The molecule has 0 unspecified atom stereocenters. The van der Waals surface area contributed by atoms with Crippen LogP contribution in [0.4, 0.5) is 13.2 Å². The van der Waals surface area contributed by atoms with E-state index >= 15 is 0 Å². The molecular weight excluding hydrogens is 386 g/mol. The molecule has 0 amide bonds. The zero-order chi connectivity index (χ0) is 14.0. The molecule has 0 fully saturated rings. The maximum absolute atomic E-state index is 12.5. The van der Waals surface area contributed by atoms with Gasteiger partial charge in [0, 0.05) is 10.1 Å². The van der Waals surface area contributed by atoms with E-state index in [1.54, 1.807) is 22.6 Å². The Balaban J connectivity index is 3.22. The maximum Gasteiger partial charge on any atom is 0.416 e. The molecule has 0 aliphatic rings. The minimum atomic E-state index is -4.61. The molecule has 1 aromatic carbocycles. The van der Waals surface area contributed by atoms with Crippen LogP contribution in [0.15, 0.2) is 23.1 Å². The Hall–Kier alpha value is -0.390. The highest BCUT2D eigenvalue weighted by atomic mass is 127. The summed E-state index contributed by atoms with van der Waals surface area (Å²) in [7, 11) is -4.04. The molecular formula is C9H9F3INO3S. The van der Waals surface area contributed by atoms with Crippen molar-refractivity contribution in [3.8, 4) is 0 Å². The largest absolute Gasteiger partial charge is 0.416 e. The van der Waals surface area contributed by atoms with Crippen LogP contribution in [0.25, 0.3) is 0 Å². The lowest BCUT2D eigenvalue weighted by Gasteiger charge is -2.11. The Kier molecular flexibility index (Phi) is 4.98. The van der Waals surface area contributed by atoms with E-state index in [1.807, 2.05) is 4.72 Å². The lowest BCUT2D eigenvalue weighted by Crippen LogP contribution is -2.27. The second-order valence-corrected chi connectivity index (χ2v) is 6.31. The Morgan fingerprint density at radius 2 is 1.89 bits per heavy atom. The van der Waals surface area contributed by atoms with Gasteiger partial charge in [-0.3, -0.25) is 0 Å². The highest BCUT2D eigenvalue weighted by molar-refractivity contribution is 14.1. The van der Waals surface area contributed by atoms with E-state index in [-0.39, 0.29) is 10.1 Å². The average Bonchev–Trinajstić information content (AvgIpc) is 2.24. The Morgan fingerprint density at radius 1 is 1.28 bits per heavy atom. The van der Waals surface area contributed by atoms with Crippen LogP contribution < -0.4 is 4.72 Å². The first-order chi connectivity index (χ1) is 8.16. The van der Waals surface area contributed by atoms with Gasteiger partial charge >= 0.3 is 6.18 Å². The molecule has 18 heavy (non-hydrogen) atoms. The topological polar surface area (TPSA) is 66.4 Å². The molecule has 2 N–H and O–H groups in total. The average molecular weight is 395 g/mol. The summed E-state index contributed by atoms with van der Waals surface area (Å²) >= 11 is 1.61. The summed E-state index contributed by atoms with van der Waals surface area (Å²) in [5, 5.41) is 8.51. The minimum Gasteiger partial charge on any atom is -0.395 e. The number of rotatable bonds is 4. The highest BCUT2D eigenvalue weighted by Gasteiger charge is 2.32. The van der Waals surface area contributed by atoms with Gasteiger partial charge in [0.05, 0.1) is 17.1 Å². The molecule has 1 aromatic rings. The number of nitrogens with one attached hydrogen (secondary N) is 1. The number of benzene rings is 1. The fourth-order valence-electron chi connectivity index (χ4n) is 1.14. The number of halogens is 4. The monoisotopic (exact) mass is 395 g/mol. The third-order valence-corrected chi connectivity index (χ3v) is 3.98. The van der Waals surface area contributed by atoms with Gasteiger partial charge in [0.2, 0.25) is 10.0 Å². The molecule has 1 rings (SSSR count). The SMILES string of the molecule is O=S(=O)(NCCO)c1cc(I)cc(C(F)(F)F)c1. The fourth-order valence-corrected chi connectivity index (χ4v) is 3.12. The summed E-state index contributed by atoms with van der Waals surface area (Å²) in [4.78, 5) is -0.477. The summed E-state index contributed by atoms with van der Waals surface area (Å²) in [6.07, 6.45) is -4.61. The summed E-state index contributed by atoms with van der Waals surface area (Å²) in [6, 6.07) is 2.53. The van der Waals surface area contributed by atoms with Crippen molar-refractivity contribution in [1.82, 2.24) is 4.72 Å². The minimum absolute atomic E-state index is 0.159. The van der Waals surface area contributed by atoms with E-state index in [4.69, 9.17) is 5.11 Å². The normalized spacial score (nSPS) is 12.7. The molecule has 0 saturated heterocycles. The zero-order valence-corrected chi connectivity index (χ0v) is 11.8. The van der Waals surface area contributed by atoms with Crippen molar-refractivity contribution < 1.29 is 26.7 Å². The van der Waals surface area contributed by atoms with Crippen molar-refractivity contribution in [2.24, 2.45) is 0 Å². The van der Waals surface area contributed by atoms with Crippen LogP contribution in [0.5, 0.6) is 0 Å². The van der Waals surface area contributed by atoms with Crippen molar-refractivity contribution in [1.29, 1.82) is 0 Å². The molecule has 4 nitrogen and oxygen atoms in total. The second-order valence-electron chi connectivity index (χ2n) is 3.29. The van der Waals surface area contributed by atoms with E-state index < -0.39 is 33.3 Å². The van der Waals surface area contributed by atoms with Gasteiger partial charge in [-0.05, 0) is 40.8 Å². The summed E-state index contributed by atoms with van der Waals surface area (Å²) < 4.78 is 63.0. The van der Waals surface area contributed by atoms with Crippen molar-refractivity contribution >= 4 is 32.6 Å². The van der Waals surface area contributed by atoms with Crippen molar-refractivity contribution in [2.75, 3.05) is 13.2 Å². The van der Waals surface area contributed by atoms with Gasteiger partial charge in [-0.2, -0.15) is 13.2 Å². The van der Waals surface area contributed by atoms with E-state index in [0.29, 0.717) is 6.07 Å². The van der Waals surface area contributed by atoms with Gasteiger partial charge < -0.3 is 5.11 Å². The number of alkyl halides is 3. The van der Waals surface area contributed by atoms with E-state index in [2.05, 4.69) is 0 Å². The van der Waals surface area contributed by atoms with Gasteiger partial charge in [-0.25, -0.2) is 13.1 Å². The number of hydrogen-bond acceptors (Lipinski definition) is 3. The zero-order valence-electron chi connectivity index (χ0n) is 8.83. The summed E-state index contributed by atoms with van der Waals surface area (Å²) in [5.74, 6) is 0. The van der Waals surface area contributed by atoms with Crippen LogP contribution in [-0.4, -0.2) is 26.7 Å². The molecule has 0 saturated carbocycles. The summed E-state index contributed by atoms with van der Waals surface area (Å²) in [5.41, 5.74) is -1.03. The van der Waals surface area contributed by atoms with Crippen LogP contribution in [0.1, 0.15) is 5.56 Å². The van der Waals surface area contributed by atoms with Crippen molar-refractivity contribution in [2.45, 2.75) is 11.1 Å². The molecule has 102 valence electrons. The highest BCUT2D eigenvalue weighted by Crippen LogP contribution is 2.32. The lowest BCUT2D eigenvalue weighted by molar-refractivity contribution is -0.137. The van der Waals surface area contributed by atoms with Gasteiger partial charge in [0.15, 0.2) is 0 Å². The first kappa shape index (κ1) is 15.7. The van der Waals surface area contributed by atoms with Gasteiger partial charge in [-0.1, -0.05) is 0 Å². The summed E-state index contributed by atoms with van der Waals surface area (Å²) in [6.45, 7) is -0.690. The van der Waals surface area contributed by atoms with Gasteiger partial charge in [0.1, 0.15) is 0 Å². The Morgan fingerprint density at radius 3 is 2.39 bits per heavy atom. The lowest BCUT2D eigenvalue weighted by atomic mass is 10.2. The third kappa shape index (κ3) is 4.07. The molecule has 0 aromatic heterocycles. The maximum atomic E-state index is 12.5. The molecule has 0 atom stereocenters. The van der Waals surface area contributed by atoms with Crippen LogP contribution >= 0.6 is 22.6 Å². The van der Waals surface area contributed by atoms with Crippen LogP contribution in [0.2, 0.25) is 0 Å². The molecule has 0 spiro atoms. The first-order valence-corrected chi connectivity index (χ1v) is 7.21. The third-order valence-electron chi connectivity index (χ3n) is 1.91. The number of aliphatic hydroxyl groups excluding tert-OH is 1. The quantitative estimate of drug-likeness (QED) is 0.762. The predicted molar refractivity (Wildman–Crippen MR) is 66.4 cm³/mol.